The van der Waals surface area contributed by atoms with Crippen molar-refractivity contribution in [1.82, 2.24) is 0 Å². The summed E-state index contributed by atoms with van der Waals surface area (Å²) in [5.41, 5.74) is 2.37. The van der Waals surface area contributed by atoms with Crippen LogP contribution in [0.4, 0.5) is 5.69 Å². The molecule has 8 heteroatoms. The van der Waals surface area contributed by atoms with Crippen LogP contribution in [0.5, 0.6) is 11.5 Å². The summed E-state index contributed by atoms with van der Waals surface area (Å²) in [6, 6.07) is 8.50. The van der Waals surface area contributed by atoms with Gasteiger partial charge in [0.05, 0.1) is 41.2 Å². The fraction of sp³-hybridized carbons (Fsp3) is 0.158. The zero-order chi connectivity index (χ0) is 19.7. The number of benzene rings is 2. The van der Waals surface area contributed by atoms with E-state index in [0.29, 0.717) is 38.5 Å². The molecule has 0 spiro atoms. The minimum atomic E-state index is -0.257. The third kappa shape index (κ3) is 3.83. The third-order valence-corrected chi connectivity index (χ3v) is 5.44. The number of anilines is 1. The van der Waals surface area contributed by atoms with E-state index in [1.165, 1.54) is 5.01 Å². The molecule has 0 unspecified atom stereocenters. The van der Waals surface area contributed by atoms with Gasteiger partial charge in [0.25, 0.3) is 5.91 Å². The molecule has 0 N–H and O–H groups in total. The topological polar surface area (TPSA) is 51.1 Å². The largest absolute Gasteiger partial charge is 0.493 e. The molecule has 0 fully saturated rings. The van der Waals surface area contributed by atoms with Gasteiger partial charge in [0, 0.05) is 4.47 Å². The predicted octanol–water partition coefficient (Wildman–Crippen LogP) is 5.58. The smallest absolute Gasteiger partial charge is 0.280 e. The molecule has 2 aromatic carbocycles. The van der Waals surface area contributed by atoms with Crippen molar-refractivity contribution in [2.24, 2.45) is 5.10 Å². The lowest BCUT2D eigenvalue weighted by Crippen LogP contribution is -2.21. The van der Waals surface area contributed by atoms with E-state index in [4.69, 9.17) is 32.7 Å². The van der Waals surface area contributed by atoms with Crippen molar-refractivity contribution in [3.05, 3.63) is 56.0 Å². The molecule has 0 saturated carbocycles. The number of carbonyl (C=O) groups excluding carboxylic acids is 1. The molecular weight excluding hydrogens is 455 g/mol. The summed E-state index contributed by atoms with van der Waals surface area (Å²) in [5, 5.41) is 6.43. The molecular formula is C19H15BrCl2N2O3. The molecule has 0 atom stereocenters. The minimum Gasteiger partial charge on any atom is -0.493 e. The molecule has 1 aliphatic heterocycles. The standard InChI is InChI=1S/C19H15BrCl2N2O3/c1-10-13(6-11-7-17(26-2)18(27-3)9-14(11)20)19(25)24(23-10)12-4-5-15(21)16(22)8-12/h4-9H,1-3H3. The van der Waals surface area contributed by atoms with Crippen LogP contribution in [0.25, 0.3) is 6.08 Å². The zero-order valence-corrected chi connectivity index (χ0v) is 17.8. The number of rotatable bonds is 4. The average Bonchev–Trinajstić information content (AvgIpc) is 2.93. The number of amides is 1. The summed E-state index contributed by atoms with van der Waals surface area (Å²) in [4.78, 5) is 12.9. The number of hydrazone groups is 1. The van der Waals surface area contributed by atoms with Gasteiger partial charge < -0.3 is 9.47 Å². The summed E-state index contributed by atoms with van der Waals surface area (Å²) < 4.78 is 11.4. The molecule has 1 amide bonds. The summed E-state index contributed by atoms with van der Waals surface area (Å²) >= 11 is 15.5. The second-order valence-electron chi connectivity index (χ2n) is 5.69. The SMILES string of the molecule is COc1cc(Br)c(C=C2C(=O)N(c3ccc(Cl)c(Cl)c3)N=C2C)cc1OC. The maximum Gasteiger partial charge on any atom is 0.280 e. The van der Waals surface area contributed by atoms with E-state index < -0.39 is 0 Å². The zero-order valence-electron chi connectivity index (χ0n) is 14.7. The number of nitrogens with zero attached hydrogens (tertiary/aromatic N) is 2. The van der Waals surface area contributed by atoms with Crippen molar-refractivity contribution < 1.29 is 14.3 Å². The van der Waals surface area contributed by atoms with Crippen LogP contribution in [0.2, 0.25) is 10.0 Å². The summed E-state index contributed by atoms with van der Waals surface area (Å²) in [7, 11) is 3.12. The highest BCUT2D eigenvalue weighted by Gasteiger charge is 2.29. The molecule has 0 radical (unpaired) electrons. The number of carbonyl (C=O) groups is 1. The Labute approximate surface area is 175 Å². The lowest BCUT2D eigenvalue weighted by atomic mass is 10.1. The van der Waals surface area contributed by atoms with Crippen molar-refractivity contribution in [3.8, 4) is 11.5 Å². The van der Waals surface area contributed by atoms with Gasteiger partial charge in [-0.1, -0.05) is 39.1 Å². The van der Waals surface area contributed by atoms with Crippen molar-refractivity contribution in [2.75, 3.05) is 19.2 Å². The van der Waals surface area contributed by atoms with Gasteiger partial charge in [0.2, 0.25) is 0 Å². The van der Waals surface area contributed by atoms with Gasteiger partial charge >= 0.3 is 0 Å². The van der Waals surface area contributed by atoms with E-state index in [1.807, 2.05) is 0 Å². The Morgan fingerprint density at radius 2 is 1.74 bits per heavy atom. The van der Waals surface area contributed by atoms with E-state index in [-0.39, 0.29) is 5.91 Å². The van der Waals surface area contributed by atoms with Gasteiger partial charge in [0.15, 0.2) is 11.5 Å². The number of hydrogen-bond donors (Lipinski definition) is 0. The first-order valence-corrected chi connectivity index (χ1v) is 9.39. The first-order chi connectivity index (χ1) is 12.8. The first kappa shape index (κ1) is 19.7. The summed E-state index contributed by atoms with van der Waals surface area (Å²) in [5.74, 6) is 0.897. The molecule has 1 heterocycles. The second-order valence-corrected chi connectivity index (χ2v) is 7.36. The lowest BCUT2D eigenvalue weighted by molar-refractivity contribution is -0.114. The molecule has 3 rings (SSSR count). The highest BCUT2D eigenvalue weighted by Crippen LogP contribution is 2.36. The molecule has 1 aliphatic rings. The van der Waals surface area contributed by atoms with Gasteiger partial charge in [-0.2, -0.15) is 10.1 Å². The van der Waals surface area contributed by atoms with E-state index in [2.05, 4.69) is 21.0 Å². The Hall–Kier alpha value is -2.02. The molecule has 0 bridgehead atoms. The van der Waals surface area contributed by atoms with E-state index in [0.717, 1.165) is 10.0 Å². The number of methoxy groups -OCH3 is 2. The fourth-order valence-electron chi connectivity index (χ4n) is 2.61. The Kier molecular flexibility index (Phi) is 5.79. The highest BCUT2D eigenvalue weighted by molar-refractivity contribution is 9.10. The second kappa shape index (κ2) is 7.92. The predicted molar refractivity (Wildman–Crippen MR) is 112 cm³/mol. The maximum absolute atomic E-state index is 12.9. The van der Waals surface area contributed by atoms with Crippen LogP contribution in [0.1, 0.15) is 12.5 Å². The molecule has 140 valence electrons. The third-order valence-electron chi connectivity index (χ3n) is 4.01. The Morgan fingerprint density at radius 1 is 1.07 bits per heavy atom. The number of halogens is 3. The minimum absolute atomic E-state index is 0.257. The van der Waals surface area contributed by atoms with E-state index >= 15 is 0 Å². The monoisotopic (exact) mass is 468 g/mol. The quantitative estimate of drug-likeness (QED) is 0.549. The van der Waals surface area contributed by atoms with Crippen molar-refractivity contribution in [1.29, 1.82) is 0 Å². The van der Waals surface area contributed by atoms with Crippen molar-refractivity contribution >= 4 is 62.5 Å². The Morgan fingerprint density at radius 3 is 2.37 bits per heavy atom. The number of ether oxygens (including phenoxy) is 2. The van der Waals surface area contributed by atoms with Crippen molar-refractivity contribution in [2.45, 2.75) is 6.92 Å². The van der Waals surface area contributed by atoms with Crippen LogP contribution < -0.4 is 14.5 Å². The van der Waals surface area contributed by atoms with E-state index in [1.54, 1.807) is 57.6 Å². The van der Waals surface area contributed by atoms with Crippen LogP contribution >= 0.6 is 39.1 Å². The molecule has 2 aromatic rings. The fourth-order valence-corrected chi connectivity index (χ4v) is 3.34. The normalized spacial score (nSPS) is 15.3. The van der Waals surface area contributed by atoms with Crippen LogP contribution in [0.3, 0.4) is 0 Å². The maximum atomic E-state index is 12.9. The molecule has 0 aliphatic carbocycles. The van der Waals surface area contributed by atoms with E-state index in [9.17, 15) is 4.79 Å². The average molecular weight is 470 g/mol. The summed E-state index contributed by atoms with van der Waals surface area (Å²) in [6.45, 7) is 1.77. The van der Waals surface area contributed by atoms with Crippen molar-refractivity contribution in [3.63, 3.8) is 0 Å². The molecule has 0 saturated heterocycles. The highest BCUT2D eigenvalue weighted by atomic mass is 79.9. The number of hydrogen-bond acceptors (Lipinski definition) is 4. The Bertz CT molecular complexity index is 989. The Balaban J connectivity index is 2.00. The van der Waals surface area contributed by atoms with Crippen LogP contribution in [0, 0.1) is 0 Å². The van der Waals surface area contributed by atoms with Gasteiger partial charge in [-0.25, -0.2) is 0 Å². The van der Waals surface area contributed by atoms with Gasteiger partial charge in [-0.15, -0.1) is 0 Å². The van der Waals surface area contributed by atoms with Gasteiger partial charge in [-0.05, 0) is 48.9 Å². The first-order valence-electron chi connectivity index (χ1n) is 7.84. The van der Waals surface area contributed by atoms with Crippen LogP contribution in [0.15, 0.2) is 45.5 Å². The van der Waals surface area contributed by atoms with Crippen LogP contribution in [-0.2, 0) is 4.79 Å². The van der Waals surface area contributed by atoms with Crippen LogP contribution in [-0.4, -0.2) is 25.8 Å². The van der Waals surface area contributed by atoms with Gasteiger partial charge in [-0.3, -0.25) is 4.79 Å². The molecule has 0 aromatic heterocycles. The lowest BCUT2D eigenvalue weighted by Gasteiger charge is -2.13. The molecule has 5 nitrogen and oxygen atoms in total. The van der Waals surface area contributed by atoms with Gasteiger partial charge in [0.1, 0.15) is 0 Å². The summed E-state index contributed by atoms with van der Waals surface area (Å²) in [6.07, 6.45) is 1.75. The molecule has 27 heavy (non-hydrogen) atoms.